The predicted octanol–water partition coefficient (Wildman–Crippen LogP) is 2.17. The summed E-state index contributed by atoms with van der Waals surface area (Å²) in [5.74, 6) is 0. The minimum absolute atomic E-state index is 0.0532. The van der Waals surface area contributed by atoms with Gasteiger partial charge in [-0.1, -0.05) is 43.7 Å². The van der Waals surface area contributed by atoms with Crippen molar-refractivity contribution in [3.63, 3.8) is 0 Å². The van der Waals surface area contributed by atoms with Crippen molar-refractivity contribution in [3.05, 3.63) is 35.4 Å². The molecule has 0 aliphatic heterocycles. The monoisotopic (exact) mass is 251 g/mol. The van der Waals surface area contributed by atoms with Gasteiger partial charge in [0, 0.05) is 6.04 Å². The minimum Gasteiger partial charge on any atom is -0.394 e. The first-order valence-corrected chi connectivity index (χ1v) is 6.66. The molecule has 0 aliphatic rings. The second kappa shape index (κ2) is 6.88. The van der Waals surface area contributed by atoms with Crippen molar-refractivity contribution in [2.75, 3.05) is 13.2 Å². The maximum Gasteiger partial charge on any atom is 0.0650 e. The summed E-state index contributed by atoms with van der Waals surface area (Å²) in [6.45, 7) is 6.04. The van der Waals surface area contributed by atoms with Crippen molar-refractivity contribution >= 4 is 0 Å². The number of aliphatic hydroxyl groups is 2. The van der Waals surface area contributed by atoms with Gasteiger partial charge in [-0.05, 0) is 25.3 Å². The van der Waals surface area contributed by atoms with Crippen LogP contribution in [-0.2, 0) is 0 Å². The molecule has 0 saturated heterocycles. The fraction of sp³-hybridized carbons (Fsp3) is 0.600. The molecule has 0 radical (unpaired) electrons. The molecule has 1 aromatic carbocycles. The third-order valence-electron chi connectivity index (χ3n) is 3.65. The van der Waals surface area contributed by atoms with Crippen molar-refractivity contribution in [2.45, 2.75) is 45.2 Å². The lowest BCUT2D eigenvalue weighted by Gasteiger charge is -2.34. The number of hydrogen-bond donors (Lipinski definition) is 3. The van der Waals surface area contributed by atoms with Gasteiger partial charge in [-0.15, -0.1) is 0 Å². The number of aryl methyl sites for hydroxylation is 1. The topological polar surface area (TPSA) is 52.5 Å². The van der Waals surface area contributed by atoms with E-state index in [2.05, 4.69) is 43.4 Å². The Morgan fingerprint density at radius 1 is 1.11 bits per heavy atom. The van der Waals surface area contributed by atoms with Gasteiger partial charge in [0.1, 0.15) is 0 Å². The first-order valence-electron chi connectivity index (χ1n) is 6.66. The first-order chi connectivity index (χ1) is 8.60. The minimum atomic E-state index is -0.592. The first kappa shape index (κ1) is 15.2. The number of nitrogens with one attached hydrogen (secondary N) is 1. The summed E-state index contributed by atoms with van der Waals surface area (Å²) in [7, 11) is 0. The average Bonchev–Trinajstić information content (AvgIpc) is 2.42. The molecule has 0 bridgehead atoms. The summed E-state index contributed by atoms with van der Waals surface area (Å²) in [5, 5.41) is 22.4. The van der Waals surface area contributed by atoms with Crippen LogP contribution < -0.4 is 5.32 Å². The molecule has 3 N–H and O–H groups in total. The standard InChI is InChI=1S/C15H25NO2/c1-4-14(13-8-6-12(3)7-9-13)16-15(5-2,10-17)11-18/h6-9,14,16-18H,4-5,10-11H2,1-3H3. The van der Waals surface area contributed by atoms with Crippen LogP contribution in [0.2, 0.25) is 0 Å². The van der Waals surface area contributed by atoms with Crippen LogP contribution in [0, 0.1) is 6.92 Å². The molecular formula is C15H25NO2. The largest absolute Gasteiger partial charge is 0.394 e. The van der Waals surface area contributed by atoms with E-state index < -0.39 is 5.54 Å². The van der Waals surface area contributed by atoms with Crippen molar-refractivity contribution in [1.29, 1.82) is 0 Å². The Kier molecular flexibility index (Phi) is 5.79. The summed E-state index contributed by atoms with van der Waals surface area (Å²) >= 11 is 0. The van der Waals surface area contributed by atoms with E-state index in [0.717, 1.165) is 6.42 Å². The fourth-order valence-electron chi connectivity index (χ4n) is 2.06. The van der Waals surface area contributed by atoms with E-state index in [4.69, 9.17) is 0 Å². The van der Waals surface area contributed by atoms with Gasteiger partial charge in [-0.2, -0.15) is 0 Å². The molecule has 0 heterocycles. The van der Waals surface area contributed by atoms with Gasteiger partial charge < -0.3 is 15.5 Å². The lowest BCUT2D eigenvalue weighted by atomic mass is 9.94. The molecule has 18 heavy (non-hydrogen) atoms. The third kappa shape index (κ3) is 3.55. The van der Waals surface area contributed by atoms with Gasteiger partial charge in [0.2, 0.25) is 0 Å². The quantitative estimate of drug-likeness (QED) is 0.696. The molecule has 3 nitrogen and oxygen atoms in total. The highest BCUT2D eigenvalue weighted by Gasteiger charge is 2.29. The molecule has 1 unspecified atom stereocenters. The van der Waals surface area contributed by atoms with E-state index in [0.29, 0.717) is 6.42 Å². The predicted molar refractivity (Wildman–Crippen MR) is 74.5 cm³/mol. The summed E-state index contributed by atoms with van der Waals surface area (Å²) in [5.41, 5.74) is 1.84. The van der Waals surface area contributed by atoms with Crippen LogP contribution in [0.4, 0.5) is 0 Å². The molecule has 0 saturated carbocycles. The van der Waals surface area contributed by atoms with Gasteiger partial charge in [0.25, 0.3) is 0 Å². The number of benzene rings is 1. The maximum absolute atomic E-state index is 9.49. The molecule has 1 atom stereocenters. The van der Waals surface area contributed by atoms with Crippen LogP contribution in [-0.4, -0.2) is 29.0 Å². The zero-order valence-electron chi connectivity index (χ0n) is 11.6. The van der Waals surface area contributed by atoms with Gasteiger partial charge >= 0.3 is 0 Å². The van der Waals surface area contributed by atoms with Crippen LogP contribution in [0.1, 0.15) is 43.9 Å². The van der Waals surface area contributed by atoms with Gasteiger partial charge in [-0.3, -0.25) is 0 Å². The number of hydrogen-bond acceptors (Lipinski definition) is 3. The van der Waals surface area contributed by atoms with Gasteiger partial charge in [-0.25, -0.2) is 0 Å². The second-order valence-electron chi connectivity index (χ2n) is 4.97. The maximum atomic E-state index is 9.49. The Morgan fingerprint density at radius 3 is 2.06 bits per heavy atom. The summed E-state index contributed by atoms with van der Waals surface area (Å²) in [4.78, 5) is 0. The van der Waals surface area contributed by atoms with Crippen LogP contribution in [0.15, 0.2) is 24.3 Å². The molecule has 0 aromatic heterocycles. The lowest BCUT2D eigenvalue weighted by molar-refractivity contribution is 0.0768. The zero-order chi connectivity index (χ0) is 13.6. The summed E-state index contributed by atoms with van der Waals surface area (Å²) in [6.07, 6.45) is 1.62. The Morgan fingerprint density at radius 2 is 1.67 bits per heavy atom. The Hall–Kier alpha value is -0.900. The van der Waals surface area contributed by atoms with E-state index in [-0.39, 0.29) is 19.3 Å². The van der Waals surface area contributed by atoms with E-state index in [1.807, 2.05) is 6.92 Å². The van der Waals surface area contributed by atoms with E-state index in [9.17, 15) is 10.2 Å². The number of aliphatic hydroxyl groups excluding tert-OH is 2. The average molecular weight is 251 g/mol. The van der Waals surface area contributed by atoms with Crippen molar-refractivity contribution in [1.82, 2.24) is 5.32 Å². The fourth-order valence-corrected chi connectivity index (χ4v) is 2.06. The second-order valence-corrected chi connectivity index (χ2v) is 4.97. The Labute approximate surface area is 110 Å². The highest BCUT2D eigenvalue weighted by molar-refractivity contribution is 5.24. The summed E-state index contributed by atoms with van der Waals surface area (Å²) < 4.78 is 0. The SMILES string of the molecule is CCC(NC(CC)(CO)CO)c1ccc(C)cc1. The normalized spacial score (nSPS) is 13.6. The highest BCUT2D eigenvalue weighted by Crippen LogP contribution is 2.22. The number of rotatable bonds is 7. The van der Waals surface area contributed by atoms with Crippen LogP contribution in [0.5, 0.6) is 0 Å². The van der Waals surface area contributed by atoms with Crippen molar-refractivity contribution < 1.29 is 10.2 Å². The smallest absolute Gasteiger partial charge is 0.0650 e. The molecule has 102 valence electrons. The van der Waals surface area contributed by atoms with E-state index in [1.54, 1.807) is 0 Å². The van der Waals surface area contributed by atoms with Crippen molar-refractivity contribution in [2.24, 2.45) is 0 Å². The Bertz CT molecular complexity index is 336. The molecule has 0 fully saturated rings. The molecule has 1 rings (SSSR count). The van der Waals surface area contributed by atoms with E-state index in [1.165, 1.54) is 11.1 Å². The lowest BCUT2D eigenvalue weighted by Crippen LogP contribution is -2.52. The van der Waals surface area contributed by atoms with Gasteiger partial charge in [0.05, 0.1) is 18.8 Å². The molecule has 3 heteroatoms. The molecule has 0 aliphatic carbocycles. The molecule has 0 spiro atoms. The van der Waals surface area contributed by atoms with Crippen LogP contribution in [0.25, 0.3) is 0 Å². The van der Waals surface area contributed by atoms with Crippen LogP contribution >= 0.6 is 0 Å². The third-order valence-corrected chi connectivity index (χ3v) is 3.65. The zero-order valence-corrected chi connectivity index (χ0v) is 11.6. The van der Waals surface area contributed by atoms with Crippen LogP contribution in [0.3, 0.4) is 0 Å². The molecule has 0 amide bonds. The van der Waals surface area contributed by atoms with E-state index >= 15 is 0 Å². The summed E-state index contributed by atoms with van der Waals surface area (Å²) in [6, 6.07) is 8.54. The molecule has 1 aromatic rings. The highest BCUT2D eigenvalue weighted by atomic mass is 16.3. The Balaban J connectivity index is 2.86. The molecular weight excluding hydrogens is 226 g/mol. The van der Waals surface area contributed by atoms with Gasteiger partial charge in [0.15, 0.2) is 0 Å². The van der Waals surface area contributed by atoms with Crippen molar-refractivity contribution in [3.8, 4) is 0 Å².